The Labute approximate surface area is 119 Å². The minimum absolute atomic E-state index is 0.367. The van der Waals surface area contributed by atoms with E-state index in [1.807, 2.05) is 31.7 Å². The predicted molar refractivity (Wildman–Crippen MR) is 78.5 cm³/mol. The molecule has 1 aliphatic carbocycles. The molecule has 20 heavy (non-hydrogen) atoms. The molecule has 1 aliphatic rings. The van der Waals surface area contributed by atoms with E-state index < -0.39 is 0 Å². The van der Waals surface area contributed by atoms with E-state index >= 15 is 0 Å². The lowest BCUT2D eigenvalue weighted by Crippen LogP contribution is -2.21. The first-order valence-electron chi connectivity index (χ1n) is 7.23. The Hall–Kier alpha value is -1.91. The summed E-state index contributed by atoms with van der Waals surface area (Å²) in [5.74, 6) is 1.86. The summed E-state index contributed by atoms with van der Waals surface area (Å²) < 4.78 is 2.16. The van der Waals surface area contributed by atoms with Crippen LogP contribution in [0, 0.1) is 12.3 Å². The maximum absolute atomic E-state index is 4.54. The van der Waals surface area contributed by atoms with Crippen LogP contribution in [0.5, 0.6) is 0 Å². The predicted octanol–water partition coefficient (Wildman–Crippen LogP) is 2.44. The van der Waals surface area contributed by atoms with Crippen LogP contribution >= 0.6 is 0 Å². The molecule has 0 atom stereocenters. The fourth-order valence-corrected chi connectivity index (χ4v) is 2.49. The number of hydrogen-bond acceptors (Lipinski definition) is 4. The van der Waals surface area contributed by atoms with Gasteiger partial charge >= 0.3 is 0 Å². The number of hydrogen-bond donors (Lipinski definition) is 1. The SMILES string of the molecule is CCc1nc(C)cc(NCC2(Cn3ccnc3)CC2)n1. The van der Waals surface area contributed by atoms with Crippen LogP contribution in [0.25, 0.3) is 0 Å². The highest BCUT2D eigenvalue weighted by Crippen LogP contribution is 2.47. The molecule has 106 valence electrons. The van der Waals surface area contributed by atoms with Crippen molar-refractivity contribution in [1.82, 2.24) is 19.5 Å². The summed E-state index contributed by atoms with van der Waals surface area (Å²) in [6.45, 7) is 6.10. The molecule has 0 bridgehead atoms. The Bertz CT molecular complexity index is 572. The molecule has 0 radical (unpaired) electrons. The fourth-order valence-electron chi connectivity index (χ4n) is 2.49. The first-order valence-corrected chi connectivity index (χ1v) is 7.23. The van der Waals surface area contributed by atoms with Gasteiger partial charge in [-0.3, -0.25) is 0 Å². The van der Waals surface area contributed by atoms with Gasteiger partial charge in [-0.05, 0) is 19.8 Å². The summed E-state index contributed by atoms with van der Waals surface area (Å²) in [6.07, 6.45) is 9.17. The van der Waals surface area contributed by atoms with Crippen molar-refractivity contribution < 1.29 is 0 Å². The van der Waals surface area contributed by atoms with E-state index in [1.54, 1.807) is 0 Å². The summed E-state index contributed by atoms with van der Waals surface area (Å²) >= 11 is 0. The maximum Gasteiger partial charge on any atom is 0.130 e. The molecule has 1 fully saturated rings. The number of rotatable bonds is 6. The van der Waals surface area contributed by atoms with Crippen molar-refractivity contribution in [1.29, 1.82) is 0 Å². The first-order chi connectivity index (χ1) is 9.69. The van der Waals surface area contributed by atoms with E-state index in [0.717, 1.165) is 36.8 Å². The number of nitrogens with zero attached hydrogens (tertiary/aromatic N) is 4. The van der Waals surface area contributed by atoms with Gasteiger partial charge in [0.1, 0.15) is 11.6 Å². The van der Waals surface area contributed by atoms with E-state index in [0.29, 0.717) is 5.41 Å². The Balaban J connectivity index is 1.63. The largest absolute Gasteiger partial charge is 0.369 e. The lowest BCUT2D eigenvalue weighted by atomic mass is 10.1. The topological polar surface area (TPSA) is 55.6 Å². The van der Waals surface area contributed by atoms with Crippen molar-refractivity contribution in [2.24, 2.45) is 5.41 Å². The van der Waals surface area contributed by atoms with E-state index in [4.69, 9.17) is 0 Å². The molecule has 5 nitrogen and oxygen atoms in total. The standard InChI is InChI=1S/C15H21N5/c1-3-13-18-12(2)8-14(19-13)17-9-15(4-5-15)10-20-7-6-16-11-20/h6-8,11H,3-5,9-10H2,1-2H3,(H,17,18,19). The number of nitrogens with one attached hydrogen (secondary N) is 1. The van der Waals surface area contributed by atoms with E-state index in [1.165, 1.54) is 12.8 Å². The summed E-state index contributed by atoms with van der Waals surface area (Å²) in [7, 11) is 0. The second-order valence-electron chi connectivity index (χ2n) is 5.75. The molecule has 1 saturated carbocycles. The Kier molecular flexibility index (Phi) is 3.42. The van der Waals surface area contributed by atoms with Crippen LogP contribution in [0.15, 0.2) is 24.8 Å². The van der Waals surface area contributed by atoms with Crippen molar-refractivity contribution in [2.45, 2.75) is 39.7 Å². The zero-order valence-electron chi connectivity index (χ0n) is 12.1. The van der Waals surface area contributed by atoms with Crippen LogP contribution < -0.4 is 5.32 Å². The molecule has 0 aromatic carbocycles. The van der Waals surface area contributed by atoms with Crippen LogP contribution in [0.4, 0.5) is 5.82 Å². The molecular formula is C15H21N5. The summed E-state index contributed by atoms with van der Waals surface area (Å²) in [6, 6.07) is 2.02. The molecule has 0 amide bonds. The zero-order chi connectivity index (χ0) is 14.0. The van der Waals surface area contributed by atoms with Gasteiger partial charge in [-0.15, -0.1) is 0 Å². The van der Waals surface area contributed by atoms with Crippen LogP contribution in [0.3, 0.4) is 0 Å². The smallest absolute Gasteiger partial charge is 0.130 e. The van der Waals surface area contributed by atoms with Crippen LogP contribution in [0.2, 0.25) is 0 Å². The first kappa shape index (κ1) is 13.1. The van der Waals surface area contributed by atoms with Crippen LogP contribution in [-0.4, -0.2) is 26.1 Å². The molecule has 1 N–H and O–H groups in total. The van der Waals surface area contributed by atoms with Crippen molar-refractivity contribution in [2.75, 3.05) is 11.9 Å². The Morgan fingerprint density at radius 2 is 2.20 bits per heavy atom. The van der Waals surface area contributed by atoms with Crippen molar-refractivity contribution in [3.63, 3.8) is 0 Å². The van der Waals surface area contributed by atoms with Crippen molar-refractivity contribution in [3.8, 4) is 0 Å². The molecule has 0 spiro atoms. The van der Waals surface area contributed by atoms with E-state index in [2.05, 4.69) is 31.8 Å². The molecule has 0 aliphatic heterocycles. The maximum atomic E-state index is 4.54. The van der Waals surface area contributed by atoms with Gasteiger partial charge in [0.15, 0.2) is 0 Å². The third-order valence-electron chi connectivity index (χ3n) is 3.90. The quantitative estimate of drug-likeness (QED) is 0.876. The van der Waals surface area contributed by atoms with Crippen molar-refractivity contribution >= 4 is 5.82 Å². The van der Waals surface area contributed by atoms with E-state index in [9.17, 15) is 0 Å². The average Bonchev–Trinajstić information content (AvgIpc) is 3.00. The summed E-state index contributed by atoms with van der Waals surface area (Å²) in [5.41, 5.74) is 1.39. The molecule has 2 heterocycles. The third-order valence-corrected chi connectivity index (χ3v) is 3.90. The molecule has 3 rings (SSSR count). The number of aromatic nitrogens is 4. The van der Waals surface area contributed by atoms with Gasteiger partial charge in [-0.2, -0.15) is 0 Å². The lowest BCUT2D eigenvalue weighted by Gasteiger charge is -2.17. The molecule has 2 aromatic rings. The number of imidazole rings is 1. The van der Waals surface area contributed by atoms with Gasteiger partial charge in [0.05, 0.1) is 6.33 Å². The third kappa shape index (κ3) is 2.98. The van der Waals surface area contributed by atoms with Crippen LogP contribution in [-0.2, 0) is 13.0 Å². The fraction of sp³-hybridized carbons (Fsp3) is 0.533. The second kappa shape index (κ2) is 5.23. The Morgan fingerprint density at radius 3 is 2.85 bits per heavy atom. The zero-order valence-corrected chi connectivity index (χ0v) is 12.1. The number of anilines is 1. The lowest BCUT2D eigenvalue weighted by molar-refractivity contribution is 0.444. The highest BCUT2D eigenvalue weighted by Gasteiger charge is 2.42. The summed E-state index contributed by atoms with van der Waals surface area (Å²) in [5, 5.41) is 3.49. The average molecular weight is 271 g/mol. The molecule has 5 heteroatoms. The minimum atomic E-state index is 0.367. The van der Waals surface area contributed by atoms with Gasteiger partial charge in [0.25, 0.3) is 0 Å². The molecule has 2 aromatic heterocycles. The Morgan fingerprint density at radius 1 is 1.35 bits per heavy atom. The molecule has 0 saturated heterocycles. The normalized spacial score (nSPS) is 16.1. The summed E-state index contributed by atoms with van der Waals surface area (Å²) in [4.78, 5) is 13.1. The number of aryl methyl sites for hydroxylation is 2. The molecular weight excluding hydrogens is 250 g/mol. The minimum Gasteiger partial charge on any atom is -0.369 e. The van der Waals surface area contributed by atoms with Gasteiger partial charge in [0.2, 0.25) is 0 Å². The van der Waals surface area contributed by atoms with Gasteiger partial charge in [-0.25, -0.2) is 15.0 Å². The van der Waals surface area contributed by atoms with Crippen molar-refractivity contribution in [3.05, 3.63) is 36.3 Å². The highest BCUT2D eigenvalue weighted by atomic mass is 15.1. The second-order valence-corrected chi connectivity index (χ2v) is 5.75. The van der Waals surface area contributed by atoms with Gasteiger partial charge in [-0.1, -0.05) is 6.92 Å². The van der Waals surface area contributed by atoms with E-state index in [-0.39, 0.29) is 0 Å². The van der Waals surface area contributed by atoms with Gasteiger partial charge < -0.3 is 9.88 Å². The monoisotopic (exact) mass is 271 g/mol. The van der Waals surface area contributed by atoms with Gasteiger partial charge in [0, 0.05) is 49.1 Å². The van der Waals surface area contributed by atoms with Crippen LogP contribution in [0.1, 0.15) is 31.3 Å². The molecule has 0 unspecified atom stereocenters. The highest BCUT2D eigenvalue weighted by molar-refractivity contribution is 5.36.